The fourth-order valence-corrected chi connectivity index (χ4v) is 2.08. The summed E-state index contributed by atoms with van der Waals surface area (Å²) in [6.45, 7) is 0. The van der Waals surface area contributed by atoms with Crippen LogP contribution >= 0.6 is 11.8 Å². The molecule has 2 rings (SSSR count). The Kier molecular flexibility index (Phi) is 3.91. The number of anilines is 2. The maximum absolute atomic E-state index is 11.3. The molecule has 5 nitrogen and oxygen atoms in total. The van der Waals surface area contributed by atoms with Gasteiger partial charge < -0.3 is 10.2 Å². The summed E-state index contributed by atoms with van der Waals surface area (Å²) in [5.41, 5.74) is 0.0539. The lowest BCUT2D eigenvalue weighted by molar-refractivity contribution is 0.0696. The number of aromatic carboxylic acids is 2. The van der Waals surface area contributed by atoms with E-state index < -0.39 is 11.9 Å². The average Bonchev–Trinajstić information content (AvgIpc) is 2.46. The number of hydrogen-bond acceptors (Lipinski definition) is 3. The van der Waals surface area contributed by atoms with Crippen molar-refractivity contribution in [3.05, 3.63) is 59.7 Å². The van der Waals surface area contributed by atoms with Gasteiger partial charge in [0.1, 0.15) is 0 Å². The van der Waals surface area contributed by atoms with Crippen LogP contribution in [0.4, 0.5) is 11.4 Å². The summed E-state index contributed by atoms with van der Waals surface area (Å²) in [6, 6.07) is 12.5. The number of carboxylic acids is 2. The summed E-state index contributed by atoms with van der Waals surface area (Å²) in [5, 5.41) is 18.4. The predicted octanol–water partition coefficient (Wildman–Crippen LogP) is 3.37. The second-order valence-electron chi connectivity index (χ2n) is 3.93. The van der Waals surface area contributed by atoms with Gasteiger partial charge in [0, 0.05) is 11.8 Å². The van der Waals surface area contributed by atoms with Gasteiger partial charge in [0.15, 0.2) is 0 Å². The van der Waals surface area contributed by atoms with Crippen molar-refractivity contribution >= 4 is 35.1 Å². The fourth-order valence-electron chi connectivity index (χ4n) is 1.79. The highest BCUT2D eigenvalue weighted by atomic mass is 35.5. The van der Waals surface area contributed by atoms with Crippen molar-refractivity contribution in [1.29, 1.82) is 0 Å². The second kappa shape index (κ2) is 5.63. The van der Waals surface area contributed by atoms with Crippen molar-refractivity contribution < 1.29 is 19.8 Å². The molecule has 0 aliphatic carbocycles. The third-order valence-electron chi connectivity index (χ3n) is 2.68. The first-order chi connectivity index (χ1) is 9.52. The number of para-hydroxylation sites is 2. The van der Waals surface area contributed by atoms with Crippen LogP contribution in [-0.4, -0.2) is 22.2 Å². The quantitative estimate of drug-likeness (QED) is 0.844. The number of carbonyl (C=O) groups is 2. The molecule has 0 heterocycles. The van der Waals surface area contributed by atoms with Crippen LogP contribution in [0.25, 0.3) is 0 Å². The first-order valence-corrected chi connectivity index (χ1v) is 5.96. The van der Waals surface area contributed by atoms with Crippen LogP contribution in [0.2, 0.25) is 0 Å². The first kappa shape index (κ1) is 13.9. The average molecular weight is 292 g/mol. The van der Waals surface area contributed by atoms with E-state index in [0.29, 0.717) is 5.69 Å². The summed E-state index contributed by atoms with van der Waals surface area (Å²) in [4.78, 5) is 22.5. The minimum atomic E-state index is -1.25. The topological polar surface area (TPSA) is 77.8 Å². The van der Waals surface area contributed by atoms with E-state index in [-0.39, 0.29) is 16.8 Å². The Hall–Kier alpha value is -2.53. The molecule has 0 amide bonds. The van der Waals surface area contributed by atoms with Gasteiger partial charge in [0.25, 0.3) is 0 Å². The monoisotopic (exact) mass is 291 g/mol. The Labute approximate surface area is 119 Å². The molecule has 0 fully saturated rings. The number of carboxylic acid groups (broad SMARTS) is 2. The van der Waals surface area contributed by atoms with Crippen LogP contribution in [0.5, 0.6) is 0 Å². The lowest BCUT2D eigenvalue weighted by atomic mass is 10.1. The van der Waals surface area contributed by atoms with Crippen LogP contribution in [0, 0.1) is 0 Å². The van der Waals surface area contributed by atoms with Gasteiger partial charge in [-0.25, -0.2) is 9.59 Å². The van der Waals surface area contributed by atoms with Gasteiger partial charge in [-0.3, -0.25) is 4.42 Å². The summed E-state index contributed by atoms with van der Waals surface area (Å²) >= 11 is 6.14. The molecular weight excluding hydrogens is 282 g/mol. The van der Waals surface area contributed by atoms with Gasteiger partial charge in [-0.05, 0) is 24.3 Å². The molecule has 0 bridgehead atoms. The van der Waals surface area contributed by atoms with E-state index in [2.05, 4.69) is 0 Å². The van der Waals surface area contributed by atoms with Crippen molar-refractivity contribution in [2.24, 2.45) is 0 Å². The zero-order valence-electron chi connectivity index (χ0n) is 10.2. The second-order valence-corrected chi connectivity index (χ2v) is 4.27. The molecule has 2 aromatic carbocycles. The molecule has 0 saturated carbocycles. The van der Waals surface area contributed by atoms with Gasteiger partial charge in [-0.1, -0.05) is 24.3 Å². The molecule has 2 aromatic rings. The summed E-state index contributed by atoms with van der Waals surface area (Å²) in [7, 11) is 0. The van der Waals surface area contributed by atoms with E-state index in [0.717, 1.165) is 4.42 Å². The Morgan fingerprint density at radius 1 is 0.850 bits per heavy atom. The van der Waals surface area contributed by atoms with Crippen molar-refractivity contribution in [3.8, 4) is 0 Å². The van der Waals surface area contributed by atoms with Crippen molar-refractivity contribution in [2.45, 2.75) is 0 Å². The van der Waals surface area contributed by atoms with Crippen molar-refractivity contribution in [2.75, 3.05) is 4.42 Å². The van der Waals surface area contributed by atoms with Crippen LogP contribution in [-0.2, 0) is 0 Å². The number of halogens is 1. The summed E-state index contributed by atoms with van der Waals surface area (Å²) in [6.07, 6.45) is 0. The molecule has 0 aliphatic rings. The number of benzene rings is 2. The Bertz CT molecular complexity index is 625. The van der Waals surface area contributed by atoms with Gasteiger partial charge >= 0.3 is 11.9 Å². The first-order valence-electron chi connectivity index (χ1n) is 5.63. The SMILES string of the molecule is O=C(O)c1cccc(C(=O)O)c1N(Cl)c1ccccc1. The van der Waals surface area contributed by atoms with E-state index in [1.54, 1.807) is 30.3 Å². The zero-order valence-corrected chi connectivity index (χ0v) is 10.9. The van der Waals surface area contributed by atoms with Gasteiger partial charge in [-0.2, -0.15) is 0 Å². The lowest BCUT2D eigenvalue weighted by Gasteiger charge is -2.20. The Balaban J connectivity index is 2.64. The summed E-state index contributed by atoms with van der Waals surface area (Å²) in [5.74, 6) is -2.49. The van der Waals surface area contributed by atoms with E-state index in [1.807, 2.05) is 0 Å². The molecule has 0 aliphatic heterocycles. The smallest absolute Gasteiger partial charge is 0.337 e. The molecule has 2 N–H and O–H groups in total. The van der Waals surface area contributed by atoms with Crippen LogP contribution in [0.15, 0.2) is 48.5 Å². The Morgan fingerprint density at radius 2 is 1.35 bits per heavy atom. The maximum atomic E-state index is 11.3. The molecule has 0 atom stereocenters. The highest BCUT2D eigenvalue weighted by Crippen LogP contribution is 2.34. The summed E-state index contributed by atoms with van der Waals surface area (Å²) < 4.78 is 1.03. The molecule has 6 heteroatoms. The van der Waals surface area contributed by atoms with Crippen LogP contribution < -0.4 is 4.42 Å². The maximum Gasteiger partial charge on any atom is 0.337 e. The molecule has 0 saturated heterocycles. The standard InChI is InChI=1S/C14H10ClNO4/c15-16(9-5-2-1-3-6-9)12-10(13(17)18)7-4-8-11(12)14(19)20/h1-8H,(H,17,18)(H,19,20). The Morgan fingerprint density at radius 3 is 1.80 bits per heavy atom. The largest absolute Gasteiger partial charge is 0.478 e. The van der Waals surface area contributed by atoms with E-state index in [1.165, 1.54) is 18.2 Å². The number of nitrogens with zero attached hydrogens (tertiary/aromatic N) is 1. The molecule has 20 heavy (non-hydrogen) atoms. The lowest BCUT2D eigenvalue weighted by Crippen LogP contribution is -2.14. The highest BCUT2D eigenvalue weighted by Gasteiger charge is 2.23. The van der Waals surface area contributed by atoms with Gasteiger partial charge in [0.05, 0.1) is 22.5 Å². The number of rotatable bonds is 4. The van der Waals surface area contributed by atoms with Crippen LogP contribution in [0.1, 0.15) is 20.7 Å². The third-order valence-corrected chi connectivity index (χ3v) is 3.04. The third kappa shape index (κ3) is 2.57. The fraction of sp³-hybridized carbons (Fsp3) is 0. The molecule has 0 unspecified atom stereocenters. The molecule has 0 radical (unpaired) electrons. The molecule has 0 aromatic heterocycles. The molecule has 102 valence electrons. The van der Waals surface area contributed by atoms with Crippen molar-refractivity contribution in [1.82, 2.24) is 0 Å². The zero-order chi connectivity index (χ0) is 14.7. The van der Waals surface area contributed by atoms with Gasteiger partial charge in [0.2, 0.25) is 0 Å². The predicted molar refractivity (Wildman–Crippen MR) is 74.8 cm³/mol. The van der Waals surface area contributed by atoms with E-state index in [4.69, 9.17) is 11.8 Å². The van der Waals surface area contributed by atoms with E-state index in [9.17, 15) is 19.8 Å². The molecular formula is C14H10ClNO4. The number of hydrogen-bond donors (Lipinski definition) is 2. The normalized spacial score (nSPS) is 10.1. The minimum Gasteiger partial charge on any atom is -0.478 e. The van der Waals surface area contributed by atoms with Gasteiger partial charge in [-0.15, -0.1) is 0 Å². The van der Waals surface area contributed by atoms with E-state index >= 15 is 0 Å². The highest BCUT2D eigenvalue weighted by molar-refractivity contribution is 6.31. The van der Waals surface area contributed by atoms with Crippen molar-refractivity contribution in [3.63, 3.8) is 0 Å². The van der Waals surface area contributed by atoms with Crippen LogP contribution in [0.3, 0.4) is 0 Å². The minimum absolute atomic E-state index is 0.0691. The molecule has 0 spiro atoms.